The highest BCUT2D eigenvalue weighted by Crippen LogP contribution is 2.26. The summed E-state index contributed by atoms with van der Waals surface area (Å²) < 4.78 is 0. The molecule has 0 atom stereocenters. The highest BCUT2D eigenvalue weighted by Gasteiger charge is 2.22. The molecule has 1 aliphatic rings. The Morgan fingerprint density at radius 2 is 1.92 bits per heavy atom. The summed E-state index contributed by atoms with van der Waals surface area (Å²) in [4.78, 5) is 33.5. The number of rotatable bonds is 4. The Morgan fingerprint density at radius 1 is 1.20 bits per heavy atom. The number of carboxylic acid groups (broad SMARTS) is 1. The van der Waals surface area contributed by atoms with E-state index in [0.29, 0.717) is 5.92 Å². The smallest absolute Gasteiger partial charge is 0.335 e. The fourth-order valence-electron chi connectivity index (χ4n) is 3.28. The van der Waals surface area contributed by atoms with E-state index in [1.54, 1.807) is 37.5 Å². The molecule has 2 aromatic rings. The van der Waals surface area contributed by atoms with Crippen LogP contribution in [0.4, 0.5) is 0 Å². The van der Waals surface area contributed by atoms with E-state index in [-0.39, 0.29) is 11.5 Å². The molecule has 3 rings (SSSR count). The molecule has 0 unspecified atom stereocenters. The Morgan fingerprint density at radius 3 is 2.60 bits per heavy atom. The molecule has 0 bridgehead atoms. The number of likely N-dealkylation sites (tertiary alicyclic amines) is 1. The number of hydrogen-bond donors (Lipinski definition) is 1. The van der Waals surface area contributed by atoms with Gasteiger partial charge in [0.25, 0.3) is 0 Å². The molecule has 25 heavy (non-hydrogen) atoms. The number of carboxylic acids is 1. The van der Waals surface area contributed by atoms with E-state index in [9.17, 15) is 14.7 Å². The number of carbonyl (C=O) groups is 2. The fraction of sp³-hybridized carbons (Fsp3) is 0.368. The highest BCUT2D eigenvalue weighted by atomic mass is 16.4. The summed E-state index contributed by atoms with van der Waals surface area (Å²) in [7, 11) is 0. The number of amides is 1. The summed E-state index contributed by atoms with van der Waals surface area (Å²) in [6.07, 6.45) is 5.98. The molecule has 0 radical (unpaired) electrons. The predicted molar refractivity (Wildman–Crippen MR) is 93.1 cm³/mol. The van der Waals surface area contributed by atoms with Crippen LogP contribution in [-0.4, -0.2) is 44.9 Å². The van der Waals surface area contributed by atoms with Crippen molar-refractivity contribution >= 4 is 11.9 Å². The van der Waals surface area contributed by atoms with Gasteiger partial charge in [0.2, 0.25) is 5.91 Å². The van der Waals surface area contributed by atoms with E-state index >= 15 is 0 Å². The average molecular weight is 339 g/mol. The van der Waals surface area contributed by atoms with Crippen LogP contribution in [0.5, 0.6) is 0 Å². The summed E-state index contributed by atoms with van der Waals surface area (Å²) in [5.41, 5.74) is 2.62. The standard InChI is InChI=1S/C19H21N3O3/c1-13(23)22-9-5-14(6-10-22)11-17-18(21-8-7-20-17)15-3-2-4-16(12-15)19(24)25/h2-4,7-8,12,14H,5-6,9-11H2,1H3,(H,24,25). The second-order valence-corrected chi connectivity index (χ2v) is 6.39. The minimum absolute atomic E-state index is 0.129. The maximum absolute atomic E-state index is 11.4. The normalized spacial score (nSPS) is 15.2. The van der Waals surface area contributed by atoms with E-state index in [1.807, 2.05) is 11.0 Å². The molecule has 6 heteroatoms. The quantitative estimate of drug-likeness (QED) is 0.926. The van der Waals surface area contributed by atoms with Crippen molar-refractivity contribution in [1.82, 2.24) is 14.9 Å². The van der Waals surface area contributed by atoms with Gasteiger partial charge in [0.05, 0.1) is 17.0 Å². The van der Waals surface area contributed by atoms with Gasteiger partial charge in [-0.2, -0.15) is 0 Å². The van der Waals surface area contributed by atoms with Crippen LogP contribution < -0.4 is 0 Å². The molecular weight excluding hydrogens is 318 g/mol. The number of aromatic nitrogens is 2. The lowest BCUT2D eigenvalue weighted by Crippen LogP contribution is -2.37. The molecule has 0 saturated carbocycles. The van der Waals surface area contributed by atoms with Crippen LogP contribution in [0.1, 0.15) is 35.8 Å². The zero-order valence-corrected chi connectivity index (χ0v) is 14.2. The van der Waals surface area contributed by atoms with Crippen LogP contribution in [0, 0.1) is 5.92 Å². The van der Waals surface area contributed by atoms with Crippen molar-refractivity contribution in [2.24, 2.45) is 5.92 Å². The van der Waals surface area contributed by atoms with Gasteiger partial charge in [0.1, 0.15) is 0 Å². The number of piperidine rings is 1. The molecule has 130 valence electrons. The second-order valence-electron chi connectivity index (χ2n) is 6.39. The summed E-state index contributed by atoms with van der Waals surface area (Å²) in [5.74, 6) is -0.373. The van der Waals surface area contributed by atoms with Crippen molar-refractivity contribution in [3.8, 4) is 11.3 Å². The SMILES string of the molecule is CC(=O)N1CCC(Cc2nccnc2-c2cccc(C(=O)O)c2)CC1. The van der Waals surface area contributed by atoms with E-state index in [4.69, 9.17) is 0 Å². The van der Waals surface area contributed by atoms with Crippen molar-refractivity contribution in [1.29, 1.82) is 0 Å². The number of benzene rings is 1. The first-order chi connectivity index (χ1) is 12.0. The highest BCUT2D eigenvalue weighted by molar-refractivity contribution is 5.89. The Hall–Kier alpha value is -2.76. The third-order valence-electron chi connectivity index (χ3n) is 4.70. The lowest BCUT2D eigenvalue weighted by atomic mass is 9.90. The zero-order valence-electron chi connectivity index (χ0n) is 14.2. The lowest BCUT2D eigenvalue weighted by molar-refractivity contribution is -0.130. The minimum Gasteiger partial charge on any atom is -0.478 e. The Labute approximate surface area is 146 Å². The molecule has 6 nitrogen and oxygen atoms in total. The molecule has 0 aliphatic carbocycles. The first-order valence-electron chi connectivity index (χ1n) is 8.43. The Balaban J connectivity index is 1.79. The third-order valence-corrected chi connectivity index (χ3v) is 4.70. The van der Waals surface area contributed by atoms with Crippen LogP contribution in [0.25, 0.3) is 11.3 Å². The van der Waals surface area contributed by atoms with Gasteiger partial charge in [-0.3, -0.25) is 14.8 Å². The molecule has 0 spiro atoms. The van der Waals surface area contributed by atoms with Crippen LogP contribution in [0.3, 0.4) is 0 Å². The maximum Gasteiger partial charge on any atom is 0.335 e. The topological polar surface area (TPSA) is 83.4 Å². The molecule has 1 aromatic carbocycles. The Kier molecular flexibility index (Phi) is 5.07. The van der Waals surface area contributed by atoms with Crippen molar-refractivity contribution in [3.05, 3.63) is 47.9 Å². The average Bonchev–Trinajstić information content (AvgIpc) is 2.63. The van der Waals surface area contributed by atoms with Gasteiger partial charge >= 0.3 is 5.97 Å². The van der Waals surface area contributed by atoms with Gasteiger partial charge in [-0.15, -0.1) is 0 Å². The van der Waals surface area contributed by atoms with E-state index < -0.39 is 5.97 Å². The summed E-state index contributed by atoms with van der Waals surface area (Å²) in [6.45, 7) is 3.17. The van der Waals surface area contributed by atoms with E-state index in [0.717, 1.165) is 49.3 Å². The van der Waals surface area contributed by atoms with Crippen LogP contribution in [-0.2, 0) is 11.2 Å². The van der Waals surface area contributed by atoms with Crippen LogP contribution >= 0.6 is 0 Å². The van der Waals surface area contributed by atoms with E-state index in [1.165, 1.54) is 0 Å². The van der Waals surface area contributed by atoms with Crippen LogP contribution in [0.15, 0.2) is 36.7 Å². The third kappa shape index (κ3) is 4.02. The summed E-state index contributed by atoms with van der Waals surface area (Å²) in [6, 6.07) is 6.79. The van der Waals surface area contributed by atoms with Crippen molar-refractivity contribution in [2.45, 2.75) is 26.2 Å². The number of carbonyl (C=O) groups excluding carboxylic acids is 1. The first-order valence-corrected chi connectivity index (χ1v) is 8.43. The van der Waals surface area contributed by atoms with Crippen molar-refractivity contribution in [3.63, 3.8) is 0 Å². The number of aromatic carboxylic acids is 1. The summed E-state index contributed by atoms with van der Waals surface area (Å²) >= 11 is 0. The van der Waals surface area contributed by atoms with Crippen LogP contribution in [0.2, 0.25) is 0 Å². The molecule has 1 aliphatic heterocycles. The molecule has 1 amide bonds. The molecular formula is C19H21N3O3. The molecule has 1 saturated heterocycles. The first kappa shape index (κ1) is 17.1. The molecule has 2 heterocycles. The Bertz CT molecular complexity index is 783. The zero-order chi connectivity index (χ0) is 17.8. The largest absolute Gasteiger partial charge is 0.478 e. The van der Waals surface area contributed by atoms with Crippen molar-refractivity contribution < 1.29 is 14.7 Å². The fourth-order valence-corrected chi connectivity index (χ4v) is 3.28. The van der Waals surface area contributed by atoms with Gasteiger partial charge in [0, 0.05) is 38.0 Å². The van der Waals surface area contributed by atoms with Gasteiger partial charge in [-0.1, -0.05) is 12.1 Å². The number of nitrogens with zero attached hydrogens (tertiary/aromatic N) is 3. The molecule has 1 aromatic heterocycles. The summed E-state index contributed by atoms with van der Waals surface area (Å²) in [5, 5.41) is 9.19. The second kappa shape index (κ2) is 7.42. The number of hydrogen-bond acceptors (Lipinski definition) is 4. The van der Waals surface area contributed by atoms with E-state index in [2.05, 4.69) is 9.97 Å². The predicted octanol–water partition coefficient (Wildman–Crippen LogP) is 2.64. The van der Waals surface area contributed by atoms with Gasteiger partial charge in [-0.25, -0.2) is 4.79 Å². The lowest BCUT2D eigenvalue weighted by Gasteiger charge is -2.31. The minimum atomic E-state index is -0.955. The van der Waals surface area contributed by atoms with Gasteiger partial charge in [-0.05, 0) is 37.3 Å². The monoisotopic (exact) mass is 339 g/mol. The maximum atomic E-state index is 11.4. The van der Waals surface area contributed by atoms with Crippen molar-refractivity contribution in [2.75, 3.05) is 13.1 Å². The van der Waals surface area contributed by atoms with Gasteiger partial charge < -0.3 is 10.0 Å². The molecule has 1 N–H and O–H groups in total. The molecule has 1 fully saturated rings. The van der Waals surface area contributed by atoms with Gasteiger partial charge in [0.15, 0.2) is 0 Å².